The molecule has 0 bridgehead atoms. The molecule has 0 rings (SSSR count). The van der Waals surface area contributed by atoms with Gasteiger partial charge in [-0.15, -0.1) is 0 Å². The quantitative estimate of drug-likeness (QED) is 0.446. The fraction of sp³-hybridized carbons (Fsp3) is 0.400. The summed E-state index contributed by atoms with van der Waals surface area (Å²) in [4.78, 5) is 4.41. The van der Waals surface area contributed by atoms with Gasteiger partial charge in [-0.3, -0.25) is 4.99 Å². The first-order valence-electron chi connectivity index (χ1n) is 5.82. The van der Waals surface area contributed by atoms with Crippen molar-refractivity contribution in [3.63, 3.8) is 0 Å². The average molecular weight is 235 g/mol. The number of nitrogens with zero attached hydrogens (tertiary/aromatic N) is 1. The van der Waals surface area contributed by atoms with Gasteiger partial charge in [0, 0.05) is 11.4 Å². The normalized spacial score (nSPS) is 13.6. The van der Waals surface area contributed by atoms with E-state index >= 15 is 0 Å². The largest absolute Gasteiger partial charge is 0.263 e. The van der Waals surface area contributed by atoms with Crippen molar-refractivity contribution in [2.24, 2.45) is 4.99 Å². The van der Waals surface area contributed by atoms with E-state index in [2.05, 4.69) is 11.6 Å². The Labute approximate surface area is 104 Å². The monoisotopic (exact) mass is 235 g/mol. The van der Waals surface area contributed by atoms with E-state index in [0.29, 0.717) is 0 Å². The fourth-order valence-corrected chi connectivity index (χ4v) is 1.35. The number of allylic oxidation sites excluding steroid dienone is 7. The van der Waals surface area contributed by atoms with Gasteiger partial charge in [0.25, 0.3) is 0 Å². The molecule has 0 spiro atoms. The van der Waals surface area contributed by atoms with Gasteiger partial charge < -0.3 is 0 Å². The Morgan fingerprint density at radius 1 is 1.24 bits per heavy atom. The highest BCUT2D eigenvalue weighted by Crippen LogP contribution is 2.15. The molecule has 1 nitrogen and oxygen atoms in total. The van der Waals surface area contributed by atoms with E-state index in [1.807, 2.05) is 33.8 Å². The summed E-state index contributed by atoms with van der Waals surface area (Å²) in [6.07, 6.45) is 7.99. The molecule has 17 heavy (non-hydrogen) atoms. The van der Waals surface area contributed by atoms with Crippen molar-refractivity contribution in [2.45, 2.75) is 40.5 Å². The fourth-order valence-electron chi connectivity index (χ4n) is 1.35. The molecule has 0 heterocycles. The van der Waals surface area contributed by atoms with E-state index in [1.54, 1.807) is 0 Å². The van der Waals surface area contributed by atoms with Crippen LogP contribution in [0.4, 0.5) is 4.39 Å². The van der Waals surface area contributed by atoms with Crippen LogP contribution in [0.1, 0.15) is 40.5 Å². The van der Waals surface area contributed by atoms with Gasteiger partial charge >= 0.3 is 0 Å². The van der Waals surface area contributed by atoms with Gasteiger partial charge in [0.05, 0.1) is 0 Å². The van der Waals surface area contributed by atoms with Crippen molar-refractivity contribution < 1.29 is 4.39 Å². The number of halogens is 1. The molecule has 0 N–H and O–H groups in total. The molecule has 94 valence electrons. The third-order valence-electron chi connectivity index (χ3n) is 2.14. The summed E-state index contributed by atoms with van der Waals surface area (Å²) in [5.41, 5.74) is 3.09. The van der Waals surface area contributed by atoms with Gasteiger partial charge in [-0.2, -0.15) is 0 Å². The zero-order chi connectivity index (χ0) is 13.3. The van der Waals surface area contributed by atoms with E-state index in [9.17, 15) is 4.39 Å². The summed E-state index contributed by atoms with van der Waals surface area (Å²) in [7, 11) is 0. The summed E-state index contributed by atoms with van der Waals surface area (Å²) in [6.45, 7) is 11.3. The summed E-state index contributed by atoms with van der Waals surface area (Å²) in [6, 6.07) is 0. The molecule has 0 aliphatic heterocycles. The Bertz CT molecular complexity index is 366. The van der Waals surface area contributed by atoms with E-state index < -0.39 is 0 Å². The third kappa shape index (κ3) is 8.38. The van der Waals surface area contributed by atoms with Gasteiger partial charge in [0.1, 0.15) is 5.83 Å². The summed E-state index contributed by atoms with van der Waals surface area (Å²) < 4.78 is 13.1. The first-order chi connectivity index (χ1) is 7.99. The van der Waals surface area contributed by atoms with Crippen molar-refractivity contribution in [3.05, 3.63) is 48.0 Å². The zero-order valence-corrected chi connectivity index (χ0v) is 11.3. The number of hydrogen-bond donors (Lipinski definition) is 0. The van der Waals surface area contributed by atoms with Crippen molar-refractivity contribution in [2.75, 3.05) is 0 Å². The third-order valence-corrected chi connectivity index (χ3v) is 2.14. The summed E-state index contributed by atoms with van der Waals surface area (Å²) in [5, 5.41) is 0. The molecule has 0 aromatic heterocycles. The minimum Gasteiger partial charge on any atom is -0.263 e. The van der Waals surface area contributed by atoms with Crippen LogP contribution in [0.15, 0.2) is 53.0 Å². The highest BCUT2D eigenvalue weighted by molar-refractivity contribution is 5.80. The van der Waals surface area contributed by atoms with Crippen molar-refractivity contribution in [1.29, 1.82) is 0 Å². The Kier molecular flexibility index (Phi) is 7.95. The molecule has 0 saturated heterocycles. The lowest BCUT2D eigenvalue weighted by atomic mass is 10.1. The lowest BCUT2D eigenvalue weighted by Gasteiger charge is -2.03. The topological polar surface area (TPSA) is 12.4 Å². The van der Waals surface area contributed by atoms with Crippen LogP contribution in [-0.4, -0.2) is 5.71 Å². The van der Waals surface area contributed by atoms with Gasteiger partial charge in [0.15, 0.2) is 0 Å². The van der Waals surface area contributed by atoms with Crippen molar-refractivity contribution >= 4 is 5.71 Å². The lowest BCUT2D eigenvalue weighted by molar-refractivity contribution is 0.663. The molecule has 0 aliphatic carbocycles. The van der Waals surface area contributed by atoms with E-state index in [4.69, 9.17) is 0 Å². The van der Waals surface area contributed by atoms with Crippen LogP contribution in [0.25, 0.3) is 0 Å². The molecule has 0 saturated carbocycles. The highest BCUT2D eigenvalue weighted by Gasteiger charge is 1.97. The first-order valence-corrected chi connectivity index (χ1v) is 5.82. The Balaban J connectivity index is 4.42. The van der Waals surface area contributed by atoms with Gasteiger partial charge in [0.2, 0.25) is 0 Å². The molecule has 0 atom stereocenters. The predicted octanol–water partition coefficient (Wildman–Crippen LogP) is 5.14. The summed E-state index contributed by atoms with van der Waals surface area (Å²) >= 11 is 0. The van der Waals surface area contributed by atoms with Crippen molar-refractivity contribution in [3.8, 4) is 0 Å². The molecule has 0 aromatic rings. The second-order valence-corrected chi connectivity index (χ2v) is 4.12. The maximum absolute atomic E-state index is 13.1. The van der Waals surface area contributed by atoms with Crippen LogP contribution in [0.3, 0.4) is 0 Å². The van der Waals surface area contributed by atoms with Crippen LogP contribution in [-0.2, 0) is 0 Å². The Hall–Kier alpha value is -1.44. The minimum atomic E-state index is -0.255. The smallest absolute Gasteiger partial charge is 0.123 e. The van der Waals surface area contributed by atoms with E-state index in [-0.39, 0.29) is 5.83 Å². The van der Waals surface area contributed by atoms with Gasteiger partial charge in [-0.25, -0.2) is 4.39 Å². The Morgan fingerprint density at radius 3 is 2.35 bits per heavy atom. The van der Waals surface area contributed by atoms with E-state index in [1.165, 1.54) is 18.2 Å². The highest BCUT2D eigenvalue weighted by atomic mass is 19.1. The van der Waals surface area contributed by atoms with Crippen molar-refractivity contribution in [1.82, 2.24) is 0 Å². The summed E-state index contributed by atoms with van der Waals surface area (Å²) in [5.74, 6) is -0.255. The van der Waals surface area contributed by atoms with Crippen LogP contribution >= 0.6 is 0 Å². The second-order valence-electron chi connectivity index (χ2n) is 4.12. The lowest BCUT2D eigenvalue weighted by Crippen LogP contribution is -1.87. The van der Waals surface area contributed by atoms with Gasteiger partial charge in [-0.1, -0.05) is 24.3 Å². The molecular weight excluding hydrogens is 213 g/mol. The molecule has 0 aromatic carbocycles. The maximum atomic E-state index is 13.1. The SMILES string of the molecule is C=C/C=C(F)\C=C(/C)CC/C(=C/C)N=C(C)C. The zero-order valence-electron chi connectivity index (χ0n) is 11.3. The number of hydrogen-bond acceptors (Lipinski definition) is 1. The Morgan fingerprint density at radius 2 is 1.88 bits per heavy atom. The molecule has 0 unspecified atom stereocenters. The average Bonchev–Trinajstić information content (AvgIpc) is 2.23. The first kappa shape index (κ1) is 15.6. The second kappa shape index (κ2) is 8.68. The van der Waals surface area contributed by atoms with Crippen LogP contribution in [0.2, 0.25) is 0 Å². The van der Waals surface area contributed by atoms with Crippen LogP contribution < -0.4 is 0 Å². The van der Waals surface area contributed by atoms with Crippen LogP contribution in [0, 0.1) is 0 Å². The number of aliphatic imine (C=N–C) groups is 1. The molecule has 0 amide bonds. The molecule has 0 radical (unpaired) electrons. The van der Waals surface area contributed by atoms with E-state index in [0.717, 1.165) is 29.8 Å². The number of rotatable bonds is 6. The maximum Gasteiger partial charge on any atom is 0.123 e. The molecule has 0 fully saturated rings. The van der Waals surface area contributed by atoms with Crippen LogP contribution in [0.5, 0.6) is 0 Å². The molecular formula is C15H22FN. The standard InChI is InChI=1S/C15H22FN/c1-6-8-14(16)11-13(5)9-10-15(7-2)17-12(3)4/h6-8,11H,1,9-10H2,2-5H3/b13-11+,14-8+,15-7-. The minimum absolute atomic E-state index is 0.255. The van der Waals surface area contributed by atoms with Gasteiger partial charge in [-0.05, 0) is 52.7 Å². The molecule has 0 aliphatic rings. The molecule has 2 heteroatoms. The predicted molar refractivity (Wildman–Crippen MR) is 74.9 cm³/mol.